The first kappa shape index (κ1) is 14.3. The van der Waals surface area contributed by atoms with Gasteiger partial charge in [0.05, 0.1) is 5.02 Å². The van der Waals surface area contributed by atoms with E-state index in [2.05, 4.69) is 26.2 Å². The Morgan fingerprint density at radius 2 is 2.00 bits per heavy atom. The van der Waals surface area contributed by atoms with Crippen molar-refractivity contribution >= 4 is 50.7 Å². The summed E-state index contributed by atoms with van der Waals surface area (Å²) in [4.78, 5) is 16.0. The van der Waals surface area contributed by atoms with Crippen LogP contribution in [0.1, 0.15) is 16.1 Å². The van der Waals surface area contributed by atoms with Crippen LogP contribution in [0.5, 0.6) is 0 Å². The van der Waals surface area contributed by atoms with E-state index >= 15 is 0 Å². The van der Waals surface area contributed by atoms with Gasteiger partial charge >= 0.3 is 0 Å². The Balaban J connectivity index is 2.25. The number of halogens is 3. The Hall–Kier alpha value is -1.10. The molecule has 1 aromatic carbocycles. The highest BCUT2D eigenvalue weighted by Crippen LogP contribution is 2.22. The number of amides is 1. The number of pyridine rings is 1. The summed E-state index contributed by atoms with van der Waals surface area (Å²) in [6, 6.07) is 8.58. The highest BCUT2D eigenvalue weighted by atomic mass is 79.9. The van der Waals surface area contributed by atoms with Gasteiger partial charge in [-0.15, -0.1) is 0 Å². The van der Waals surface area contributed by atoms with E-state index in [0.29, 0.717) is 5.69 Å². The Morgan fingerprint density at radius 3 is 2.68 bits per heavy atom. The van der Waals surface area contributed by atoms with Gasteiger partial charge in [-0.25, -0.2) is 4.98 Å². The van der Waals surface area contributed by atoms with Crippen LogP contribution < -0.4 is 5.32 Å². The third-order valence-corrected chi connectivity index (χ3v) is 3.83. The number of carbonyl (C=O) groups excluding carboxylic acids is 1. The summed E-state index contributed by atoms with van der Waals surface area (Å²) >= 11 is 15.1. The van der Waals surface area contributed by atoms with Crippen LogP contribution in [0.2, 0.25) is 10.2 Å². The van der Waals surface area contributed by atoms with Gasteiger partial charge in [0.1, 0.15) is 10.8 Å². The van der Waals surface area contributed by atoms with Crippen molar-refractivity contribution in [3.63, 3.8) is 0 Å². The molecule has 1 aromatic heterocycles. The minimum atomic E-state index is -0.400. The van der Waals surface area contributed by atoms with Crippen molar-refractivity contribution in [3.05, 3.63) is 56.2 Å². The molecule has 2 aromatic rings. The SMILES string of the molecule is Cc1ccc(NC(=O)c2nc(Cl)ccc2Cl)cc1Br. The minimum Gasteiger partial charge on any atom is -0.321 e. The lowest BCUT2D eigenvalue weighted by Gasteiger charge is -2.07. The Morgan fingerprint density at radius 1 is 1.26 bits per heavy atom. The highest BCUT2D eigenvalue weighted by Gasteiger charge is 2.13. The van der Waals surface area contributed by atoms with Crippen LogP contribution in [-0.2, 0) is 0 Å². The number of nitrogens with zero attached hydrogens (tertiary/aromatic N) is 1. The molecule has 19 heavy (non-hydrogen) atoms. The van der Waals surface area contributed by atoms with E-state index in [0.717, 1.165) is 10.0 Å². The Bertz CT molecular complexity index is 647. The van der Waals surface area contributed by atoms with Crippen molar-refractivity contribution in [2.24, 2.45) is 0 Å². The Kier molecular flexibility index (Phi) is 4.45. The third-order valence-electron chi connectivity index (χ3n) is 2.46. The minimum absolute atomic E-state index is 0.103. The summed E-state index contributed by atoms with van der Waals surface area (Å²) in [5.74, 6) is -0.400. The summed E-state index contributed by atoms with van der Waals surface area (Å²) in [6.45, 7) is 1.96. The molecule has 0 atom stereocenters. The first-order valence-electron chi connectivity index (χ1n) is 5.37. The predicted molar refractivity (Wildman–Crippen MR) is 81.1 cm³/mol. The molecule has 1 N–H and O–H groups in total. The molecule has 0 radical (unpaired) electrons. The van der Waals surface area contributed by atoms with Crippen molar-refractivity contribution in [2.75, 3.05) is 5.32 Å². The normalized spacial score (nSPS) is 10.3. The first-order valence-corrected chi connectivity index (χ1v) is 6.92. The molecule has 0 spiro atoms. The molecule has 98 valence electrons. The predicted octanol–water partition coefficient (Wildman–Crippen LogP) is 4.71. The Labute approximate surface area is 129 Å². The molecule has 0 aliphatic carbocycles. The van der Waals surface area contributed by atoms with E-state index in [1.165, 1.54) is 12.1 Å². The monoisotopic (exact) mass is 358 g/mol. The fraction of sp³-hybridized carbons (Fsp3) is 0.0769. The van der Waals surface area contributed by atoms with Gasteiger partial charge in [-0.3, -0.25) is 4.79 Å². The quantitative estimate of drug-likeness (QED) is 0.789. The molecule has 1 amide bonds. The summed E-state index contributed by atoms with van der Waals surface area (Å²) in [5, 5.41) is 3.20. The lowest BCUT2D eigenvalue weighted by Crippen LogP contribution is -2.14. The standard InChI is InChI=1S/C13H9BrCl2N2O/c1-7-2-3-8(6-9(7)14)17-13(19)12-10(15)4-5-11(16)18-12/h2-6H,1H3,(H,17,19). The van der Waals surface area contributed by atoms with Gasteiger partial charge in [0, 0.05) is 10.2 Å². The third kappa shape index (κ3) is 3.47. The van der Waals surface area contributed by atoms with Crippen molar-refractivity contribution in [3.8, 4) is 0 Å². The van der Waals surface area contributed by atoms with Gasteiger partial charge in [0.25, 0.3) is 5.91 Å². The second-order valence-corrected chi connectivity index (χ2v) is 5.53. The van der Waals surface area contributed by atoms with Gasteiger partial charge in [0.15, 0.2) is 0 Å². The number of hydrogen-bond acceptors (Lipinski definition) is 2. The molecule has 6 heteroatoms. The zero-order valence-electron chi connectivity index (χ0n) is 9.88. The molecule has 0 bridgehead atoms. The molecule has 2 rings (SSSR count). The van der Waals surface area contributed by atoms with Crippen LogP contribution in [0.15, 0.2) is 34.8 Å². The molecule has 0 aliphatic heterocycles. The van der Waals surface area contributed by atoms with Gasteiger partial charge in [-0.2, -0.15) is 0 Å². The average molecular weight is 360 g/mol. The maximum atomic E-state index is 12.1. The topological polar surface area (TPSA) is 42.0 Å². The van der Waals surface area contributed by atoms with Gasteiger partial charge < -0.3 is 5.32 Å². The average Bonchev–Trinajstić information content (AvgIpc) is 2.36. The van der Waals surface area contributed by atoms with Crippen LogP contribution in [0.4, 0.5) is 5.69 Å². The number of hydrogen-bond donors (Lipinski definition) is 1. The number of anilines is 1. The van der Waals surface area contributed by atoms with Gasteiger partial charge in [-0.05, 0) is 36.8 Å². The molecule has 0 unspecified atom stereocenters. The summed E-state index contributed by atoms with van der Waals surface area (Å²) in [6.07, 6.45) is 0. The van der Waals surface area contributed by atoms with Crippen molar-refractivity contribution < 1.29 is 4.79 Å². The lowest BCUT2D eigenvalue weighted by molar-refractivity contribution is 0.102. The summed E-state index contributed by atoms with van der Waals surface area (Å²) < 4.78 is 0.912. The van der Waals surface area contributed by atoms with E-state index in [-0.39, 0.29) is 15.9 Å². The van der Waals surface area contributed by atoms with Crippen molar-refractivity contribution in [1.82, 2.24) is 4.98 Å². The van der Waals surface area contributed by atoms with Crippen molar-refractivity contribution in [2.45, 2.75) is 6.92 Å². The second kappa shape index (κ2) is 5.90. The largest absolute Gasteiger partial charge is 0.321 e. The van der Waals surface area contributed by atoms with Crippen LogP contribution >= 0.6 is 39.1 Å². The van der Waals surface area contributed by atoms with Crippen LogP contribution in [0.25, 0.3) is 0 Å². The number of aryl methyl sites for hydroxylation is 1. The van der Waals surface area contributed by atoms with Crippen LogP contribution in [0.3, 0.4) is 0 Å². The molecule has 1 heterocycles. The first-order chi connectivity index (χ1) is 8.97. The number of aromatic nitrogens is 1. The summed E-state index contributed by atoms with van der Waals surface area (Å²) in [5.41, 5.74) is 1.84. The lowest BCUT2D eigenvalue weighted by atomic mass is 10.2. The van der Waals surface area contributed by atoms with Crippen LogP contribution in [0, 0.1) is 6.92 Å². The molecular weight excluding hydrogens is 351 g/mol. The summed E-state index contributed by atoms with van der Waals surface area (Å²) in [7, 11) is 0. The maximum Gasteiger partial charge on any atom is 0.275 e. The zero-order chi connectivity index (χ0) is 14.0. The fourth-order valence-corrected chi connectivity index (χ4v) is 2.16. The fourth-order valence-electron chi connectivity index (χ4n) is 1.44. The van der Waals surface area contributed by atoms with Crippen molar-refractivity contribution in [1.29, 1.82) is 0 Å². The number of benzene rings is 1. The van der Waals surface area contributed by atoms with E-state index in [4.69, 9.17) is 23.2 Å². The number of nitrogens with one attached hydrogen (secondary N) is 1. The molecule has 0 saturated heterocycles. The molecule has 0 fully saturated rings. The maximum absolute atomic E-state index is 12.1. The zero-order valence-corrected chi connectivity index (χ0v) is 13.0. The number of rotatable bonds is 2. The van der Waals surface area contributed by atoms with E-state index in [1.807, 2.05) is 19.1 Å². The molecule has 3 nitrogen and oxygen atoms in total. The van der Waals surface area contributed by atoms with E-state index in [9.17, 15) is 4.79 Å². The molecular formula is C13H9BrCl2N2O. The highest BCUT2D eigenvalue weighted by molar-refractivity contribution is 9.10. The second-order valence-electron chi connectivity index (χ2n) is 3.88. The van der Waals surface area contributed by atoms with Crippen LogP contribution in [-0.4, -0.2) is 10.9 Å². The van der Waals surface area contributed by atoms with E-state index in [1.54, 1.807) is 6.07 Å². The van der Waals surface area contributed by atoms with E-state index < -0.39 is 5.91 Å². The molecule has 0 saturated carbocycles. The smallest absolute Gasteiger partial charge is 0.275 e. The van der Waals surface area contributed by atoms with Gasteiger partial charge in [-0.1, -0.05) is 45.2 Å². The number of carbonyl (C=O) groups is 1. The molecule has 0 aliphatic rings. The van der Waals surface area contributed by atoms with Gasteiger partial charge in [0.2, 0.25) is 0 Å².